The van der Waals surface area contributed by atoms with Crippen molar-refractivity contribution in [2.75, 3.05) is 0 Å². The molecule has 4 rings (SSSR count). The van der Waals surface area contributed by atoms with E-state index in [-0.39, 0.29) is 11.0 Å². The highest BCUT2D eigenvalue weighted by Crippen LogP contribution is 2.34. The number of alkyl halides is 3. The van der Waals surface area contributed by atoms with E-state index in [2.05, 4.69) is 20.8 Å². The molecular weight excluding hydrogens is 233 g/mol. The lowest BCUT2D eigenvalue weighted by atomic mass is 10.1. The number of pyridine rings is 2. The lowest BCUT2D eigenvalue weighted by molar-refractivity contribution is -0.274. The Bertz CT molecular complexity index is 660. The minimum absolute atomic E-state index is 0.214. The van der Waals surface area contributed by atoms with Crippen LogP contribution >= 0.6 is 0 Å². The number of fused-ring (bicyclic) bond motifs is 2. The van der Waals surface area contributed by atoms with E-state index in [1.54, 1.807) is 18.5 Å². The van der Waals surface area contributed by atoms with Gasteiger partial charge in [-0.05, 0) is 11.5 Å². The van der Waals surface area contributed by atoms with Crippen molar-refractivity contribution in [2.24, 2.45) is 0 Å². The van der Waals surface area contributed by atoms with Gasteiger partial charge in [-0.3, -0.25) is 0 Å². The Morgan fingerprint density at radius 2 is 1.88 bits per heavy atom. The number of aromatic nitrogens is 2. The molecular formula is C11H4F3N2O. The summed E-state index contributed by atoms with van der Waals surface area (Å²) in [7, 11) is 0. The Labute approximate surface area is 93.2 Å². The molecule has 85 valence electrons. The van der Waals surface area contributed by atoms with E-state index >= 15 is 0 Å². The summed E-state index contributed by atoms with van der Waals surface area (Å²) in [5.41, 5.74) is 0.214. The van der Waals surface area contributed by atoms with Gasteiger partial charge in [0.05, 0.1) is 5.39 Å². The third-order valence-electron chi connectivity index (χ3n) is 2.37. The van der Waals surface area contributed by atoms with Crippen molar-refractivity contribution in [3.05, 3.63) is 30.6 Å². The van der Waals surface area contributed by atoms with E-state index in [1.165, 1.54) is 6.07 Å². The maximum Gasteiger partial charge on any atom is 0.573 e. The second-order valence-corrected chi connectivity index (χ2v) is 3.44. The largest absolute Gasteiger partial charge is 0.573 e. The molecule has 0 N–H and O–H groups in total. The predicted molar refractivity (Wildman–Crippen MR) is 53.7 cm³/mol. The standard InChI is InChI=1S/C11H4F3N2O/c12-11(13,14)17-8-3-1-2-7-6-4-15-10(9(7)8)16-5-6/h1-2,4-5H. The van der Waals surface area contributed by atoms with Crippen molar-refractivity contribution in [3.63, 3.8) is 0 Å². The number of hydrogen-bond acceptors (Lipinski definition) is 3. The molecule has 2 bridgehead atoms. The molecule has 4 aromatic rings. The van der Waals surface area contributed by atoms with Crippen LogP contribution in [0.2, 0.25) is 0 Å². The van der Waals surface area contributed by atoms with Crippen molar-refractivity contribution in [3.8, 4) is 5.75 Å². The Hall–Kier alpha value is -2.11. The molecule has 0 saturated carbocycles. The van der Waals surface area contributed by atoms with Gasteiger partial charge in [0.1, 0.15) is 5.75 Å². The van der Waals surface area contributed by atoms with Gasteiger partial charge in [0.25, 0.3) is 0 Å². The zero-order chi connectivity index (χ0) is 12.0. The highest BCUT2D eigenvalue weighted by atomic mass is 19.4. The molecule has 3 heterocycles. The van der Waals surface area contributed by atoms with Crippen LogP contribution in [0, 0.1) is 6.07 Å². The highest BCUT2D eigenvalue weighted by Gasteiger charge is 2.32. The van der Waals surface area contributed by atoms with E-state index in [9.17, 15) is 13.2 Å². The number of rotatable bonds is 1. The van der Waals surface area contributed by atoms with Gasteiger partial charge < -0.3 is 4.74 Å². The van der Waals surface area contributed by atoms with Gasteiger partial charge in [0.2, 0.25) is 0 Å². The van der Waals surface area contributed by atoms with E-state index in [4.69, 9.17) is 0 Å². The van der Waals surface area contributed by atoms with Gasteiger partial charge in [0.15, 0.2) is 5.65 Å². The van der Waals surface area contributed by atoms with Crippen molar-refractivity contribution < 1.29 is 17.9 Å². The molecule has 0 saturated heterocycles. The summed E-state index contributed by atoms with van der Waals surface area (Å²) in [5, 5.41) is 1.53. The quantitative estimate of drug-likeness (QED) is 0.652. The molecule has 6 heteroatoms. The minimum atomic E-state index is -4.75. The summed E-state index contributed by atoms with van der Waals surface area (Å²) in [6.45, 7) is 0. The average Bonchev–Trinajstić information content (AvgIpc) is 2.29. The Morgan fingerprint density at radius 3 is 2.53 bits per heavy atom. The second-order valence-electron chi connectivity index (χ2n) is 3.44. The lowest BCUT2D eigenvalue weighted by Crippen LogP contribution is -2.17. The molecule has 1 radical (unpaired) electrons. The zero-order valence-corrected chi connectivity index (χ0v) is 8.25. The van der Waals surface area contributed by atoms with Gasteiger partial charge in [-0.25, -0.2) is 9.97 Å². The number of hydrogen-bond donors (Lipinski definition) is 0. The van der Waals surface area contributed by atoms with Gasteiger partial charge in [-0.1, -0.05) is 6.07 Å². The first-order chi connectivity index (χ1) is 8.04. The van der Waals surface area contributed by atoms with Crippen LogP contribution in [-0.4, -0.2) is 16.3 Å². The first-order valence-electron chi connectivity index (χ1n) is 4.68. The summed E-state index contributed by atoms with van der Waals surface area (Å²) in [6, 6.07) is 5.46. The van der Waals surface area contributed by atoms with Gasteiger partial charge in [0, 0.05) is 23.8 Å². The molecule has 1 aromatic carbocycles. The van der Waals surface area contributed by atoms with E-state index in [1.807, 2.05) is 0 Å². The molecule has 0 aliphatic rings. The molecule has 0 amide bonds. The summed E-state index contributed by atoms with van der Waals surface area (Å²) in [6.07, 6.45) is -1.63. The SMILES string of the molecule is FC(F)(F)Oc1[c]ccc2c3cnc(nc3)c12. The van der Waals surface area contributed by atoms with Crippen LogP contribution in [0.25, 0.3) is 21.8 Å². The van der Waals surface area contributed by atoms with Crippen molar-refractivity contribution in [1.29, 1.82) is 0 Å². The van der Waals surface area contributed by atoms with Crippen LogP contribution < -0.4 is 4.74 Å². The highest BCUT2D eigenvalue weighted by molar-refractivity contribution is 6.08. The third-order valence-corrected chi connectivity index (χ3v) is 2.37. The molecule has 0 fully saturated rings. The summed E-state index contributed by atoms with van der Waals surface area (Å²) in [5.74, 6) is -0.392. The topological polar surface area (TPSA) is 35.0 Å². The first-order valence-corrected chi connectivity index (χ1v) is 4.68. The fourth-order valence-electron chi connectivity index (χ4n) is 1.73. The number of nitrogens with zero attached hydrogens (tertiary/aromatic N) is 2. The summed E-state index contributed by atoms with van der Waals surface area (Å²) in [4.78, 5) is 7.84. The van der Waals surface area contributed by atoms with Crippen LogP contribution in [0.5, 0.6) is 5.75 Å². The van der Waals surface area contributed by atoms with Crippen molar-refractivity contribution >= 4 is 21.8 Å². The molecule has 0 unspecified atom stereocenters. The minimum Gasteiger partial charge on any atom is -0.404 e. The van der Waals surface area contributed by atoms with Crippen LogP contribution in [0.1, 0.15) is 0 Å². The Kier molecular flexibility index (Phi) is 1.89. The number of halogens is 3. The van der Waals surface area contributed by atoms with Crippen molar-refractivity contribution in [2.45, 2.75) is 6.36 Å². The first kappa shape index (κ1) is 10.1. The maximum atomic E-state index is 12.2. The van der Waals surface area contributed by atoms with Crippen LogP contribution in [-0.2, 0) is 0 Å². The molecule has 17 heavy (non-hydrogen) atoms. The average molecular weight is 237 g/mol. The maximum absolute atomic E-state index is 12.2. The van der Waals surface area contributed by atoms with Crippen LogP contribution in [0.3, 0.4) is 0 Å². The van der Waals surface area contributed by atoms with Crippen molar-refractivity contribution in [1.82, 2.24) is 9.97 Å². The molecule has 3 nitrogen and oxygen atoms in total. The van der Waals surface area contributed by atoms with E-state index in [0.29, 0.717) is 10.8 Å². The van der Waals surface area contributed by atoms with E-state index in [0.717, 1.165) is 0 Å². The molecule has 0 atom stereocenters. The predicted octanol–water partition coefficient (Wildman–Crippen LogP) is 2.92. The van der Waals surface area contributed by atoms with Gasteiger partial charge in [-0.15, -0.1) is 13.2 Å². The number of benzene rings is 1. The Balaban J connectivity index is 2.31. The summed E-state index contributed by atoms with van der Waals surface area (Å²) >= 11 is 0. The van der Waals surface area contributed by atoms with Gasteiger partial charge >= 0.3 is 6.36 Å². The smallest absolute Gasteiger partial charge is 0.404 e. The Morgan fingerprint density at radius 1 is 1.18 bits per heavy atom. The van der Waals surface area contributed by atoms with Gasteiger partial charge in [-0.2, -0.15) is 0 Å². The second kappa shape index (κ2) is 3.19. The molecule has 0 aliphatic carbocycles. The number of ether oxygens (including phenoxy) is 1. The van der Waals surface area contributed by atoms with E-state index < -0.39 is 12.1 Å². The zero-order valence-electron chi connectivity index (χ0n) is 8.25. The normalized spacial score (nSPS) is 12.4. The molecule has 0 spiro atoms. The summed E-state index contributed by atoms with van der Waals surface area (Å²) < 4.78 is 40.6. The van der Waals surface area contributed by atoms with Crippen LogP contribution in [0.15, 0.2) is 24.5 Å². The third kappa shape index (κ3) is 1.61. The van der Waals surface area contributed by atoms with Crippen LogP contribution in [0.4, 0.5) is 13.2 Å². The lowest BCUT2D eigenvalue weighted by Gasteiger charge is -2.12. The molecule has 0 aliphatic heterocycles. The monoisotopic (exact) mass is 237 g/mol. The fraction of sp³-hybridized carbons (Fsp3) is 0.0909. The molecule has 3 aromatic heterocycles. The fourth-order valence-corrected chi connectivity index (χ4v) is 1.73.